The molecule has 2 rings (SSSR count). The Hall–Kier alpha value is -2.04. The van der Waals surface area contributed by atoms with Gasteiger partial charge in [-0.05, 0) is 55.8 Å². The fraction of sp³-hybridized carbons (Fsp3) is 0.176. The molecule has 0 spiro atoms. The molecule has 1 unspecified atom stereocenters. The molecule has 2 aromatic carbocycles. The van der Waals surface area contributed by atoms with Gasteiger partial charge in [0.25, 0.3) is 5.91 Å². The van der Waals surface area contributed by atoms with Crippen LogP contribution in [0.5, 0.6) is 0 Å². The highest BCUT2D eigenvalue weighted by molar-refractivity contribution is 6.31. The van der Waals surface area contributed by atoms with Crippen molar-refractivity contribution >= 4 is 40.7 Å². The number of benzene rings is 2. The number of nitrogens with one attached hydrogen (secondary N) is 2. The molecule has 0 fully saturated rings. The fourth-order valence-electron chi connectivity index (χ4n) is 1.87. The van der Waals surface area contributed by atoms with Crippen molar-refractivity contribution < 1.29 is 9.59 Å². The molecule has 0 bridgehead atoms. The van der Waals surface area contributed by atoms with Gasteiger partial charge in [-0.1, -0.05) is 29.3 Å². The molecular formula is C17H16Cl2N2O2. The van der Waals surface area contributed by atoms with Crippen LogP contribution in [-0.4, -0.2) is 17.9 Å². The van der Waals surface area contributed by atoms with E-state index in [-0.39, 0.29) is 11.8 Å². The Labute approximate surface area is 144 Å². The van der Waals surface area contributed by atoms with Gasteiger partial charge in [-0.25, -0.2) is 0 Å². The molecule has 2 amide bonds. The van der Waals surface area contributed by atoms with Gasteiger partial charge in [0.2, 0.25) is 5.91 Å². The summed E-state index contributed by atoms with van der Waals surface area (Å²) in [6.45, 7) is 3.49. The van der Waals surface area contributed by atoms with Crippen molar-refractivity contribution in [1.82, 2.24) is 5.32 Å². The Bertz CT molecular complexity index is 730. The third kappa shape index (κ3) is 4.71. The summed E-state index contributed by atoms with van der Waals surface area (Å²) in [6, 6.07) is 11.0. The first kappa shape index (κ1) is 17.3. The Morgan fingerprint density at radius 2 is 1.70 bits per heavy atom. The quantitative estimate of drug-likeness (QED) is 0.873. The Balaban J connectivity index is 1.97. The molecular weight excluding hydrogens is 335 g/mol. The molecule has 1 atom stereocenters. The summed E-state index contributed by atoms with van der Waals surface area (Å²) in [5.41, 5.74) is 1.94. The highest BCUT2D eigenvalue weighted by Gasteiger charge is 2.17. The maximum Gasteiger partial charge on any atom is 0.251 e. The Kier molecular flexibility index (Phi) is 5.64. The normalized spacial score (nSPS) is 11.7. The van der Waals surface area contributed by atoms with E-state index in [4.69, 9.17) is 23.2 Å². The number of anilines is 1. The van der Waals surface area contributed by atoms with Gasteiger partial charge in [0.15, 0.2) is 0 Å². The Morgan fingerprint density at radius 1 is 1.04 bits per heavy atom. The van der Waals surface area contributed by atoms with Gasteiger partial charge >= 0.3 is 0 Å². The van der Waals surface area contributed by atoms with E-state index in [1.807, 2.05) is 13.0 Å². The molecule has 2 N–H and O–H groups in total. The molecule has 0 aromatic heterocycles. The standard InChI is InChI=1S/C17H16Cl2N2O2/c1-10-3-8-14(9-15(10)19)21-16(22)11(2)20-17(23)12-4-6-13(18)7-5-12/h3-9,11H,1-2H3,(H,20,23)(H,21,22). The van der Waals surface area contributed by atoms with E-state index < -0.39 is 6.04 Å². The third-order valence-electron chi connectivity index (χ3n) is 3.29. The molecule has 0 radical (unpaired) electrons. The zero-order valence-corrected chi connectivity index (χ0v) is 14.2. The van der Waals surface area contributed by atoms with Crippen LogP contribution >= 0.6 is 23.2 Å². The van der Waals surface area contributed by atoms with Crippen molar-refractivity contribution in [2.75, 3.05) is 5.32 Å². The molecule has 0 aliphatic heterocycles. The molecule has 0 saturated heterocycles. The van der Waals surface area contributed by atoms with E-state index in [1.54, 1.807) is 43.3 Å². The maximum absolute atomic E-state index is 12.1. The van der Waals surface area contributed by atoms with Crippen molar-refractivity contribution in [1.29, 1.82) is 0 Å². The van der Waals surface area contributed by atoms with Gasteiger partial charge in [0.05, 0.1) is 0 Å². The summed E-state index contributed by atoms with van der Waals surface area (Å²) in [6.07, 6.45) is 0. The van der Waals surface area contributed by atoms with Crippen molar-refractivity contribution in [2.45, 2.75) is 19.9 Å². The zero-order chi connectivity index (χ0) is 17.0. The van der Waals surface area contributed by atoms with Crippen LogP contribution in [0.2, 0.25) is 10.0 Å². The SMILES string of the molecule is Cc1ccc(NC(=O)C(C)NC(=O)c2ccc(Cl)cc2)cc1Cl. The first-order valence-corrected chi connectivity index (χ1v) is 7.76. The average molecular weight is 351 g/mol. The van der Waals surface area contributed by atoms with Gasteiger partial charge in [-0.3, -0.25) is 9.59 Å². The second-order valence-corrected chi connectivity index (χ2v) is 6.00. The lowest BCUT2D eigenvalue weighted by Crippen LogP contribution is -2.41. The van der Waals surface area contributed by atoms with Crippen LogP contribution in [0.25, 0.3) is 0 Å². The lowest BCUT2D eigenvalue weighted by molar-refractivity contribution is -0.117. The summed E-state index contributed by atoms with van der Waals surface area (Å²) in [4.78, 5) is 24.2. The van der Waals surface area contributed by atoms with Crippen LogP contribution in [0.3, 0.4) is 0 Å². The van der Waals surface area contributed by atoms with Crippen molar-refractivity contribution in [3.63, 3.8) is 0 Å². The number of amides is 2. The van der Waals surface area contributed by atoms with Crippen LogP contribution < -0.4 is 10.6 Å². The Morgan fingerprint density at radius 3 is 2.30 bits per heavy atom. The molecule has 0 saturated carbocycles. The van der Waals surface area contributed by atoms with Gasteiger partial charge in [0.1, 0.15) is 6.04 Å². The first-order valence-electron chi connectivity index (χ1n) is 7.00. The molecule has 4 nitrogen and oxygen atoms in total. The van der Waals surface area contributed by atoms with Gasteiger partial charge in [0, 0.05) is 21.3 Å². The average Bonchev–Trinajstić information content (AvgIpc) is 2.51. The molecule has 0 aliphatic rings. The second-order valence-electron chi connectivity index (χ2n) is 5.16. The topological polar surface area (TPSA) is 58.2 Å². The van der Waals surface area contributed by atoms with Crippen LogP contribution in [0.4, 0.5) is 5.69 Å². The molecule has 0 aliphatic carbocycles. The molecule has 2 aromatic rings. The highest BCUT2D eigenvalue weighted by atomic mass is 35.5. The lowest BCUT2D eigenvalue weighted by atomic mass is 10.2. The number of carbonyl (C=O) groups excluding carboxylic acids is 2. The van der Waals surface area contributed by atoms with Crippen LogP contribution in [0.15, 0.2) is 42.5 Å². The molecule has 120 valence electrons. The largest absolute Gasteiger partial charge is 0.341 e. The second kappa shape index (κ2) is 7.49. The smallest absolute Gasteiger partial charge is 0.251 e. The van der Waals surface area contributed by atoms with Crippen LogP contribution in [-0.2, 0) is 4.79 Å². The number of halogens is 2. The van der Waals surface area contributed by atoms with E-state index in [0.29, 0.717) is 21.3 Å². The summed E-state index contributed by atoms with van der Waals surface area (Å²) >= 11 is 11.8. The first-order chi connectivity index (χ1) is 10.9. The minimum atomic E-state index is -0.696. The predicted molar refractivity (Wildman–Crippen MR) is 93.2 cm³/mol. The van der Waals surface area contributed by atoms with Gasteiger partial charge in [-0.2, -0.15) is 0 Å². The van der Waals surface area contributed by atoms with Crippen molar-refractivity contribution in [3.8, 4) is 0 Å². The number of hydrogen-bond donors (Lipinski definition) is 2. The summed E-state index contributed by atoms with van der Waals surface area (Å²) in [7, 11) is 0. The third-order valence-corrected chi connectivity index (χ3v) is 3.95. The summed E-state index contributed by atoms with van der Waals surface area (Å²) in [5, 5.41) is 6.47. The molecule has 23 heavy (non-hydrogen) atoms. The van der Waals surface area contributed by atoms with E-state index in [0.717, 1.165) is 5.56 Å². The lowest BCUT2D eigenvalue weighted by Gasteiger charge is -2.14. The number of hydrogen-bond acceptors (Lipinski definition) is 2. The van der Waals surface area contributed by atoms with Crippen LogP contribution in [0.1, 0.15) is 22.8 Å². The minimum absolute atomic E-state index is 0.327. The highest BCUT2D eigenvalue weighted by Crippen LogP contribution is 2.20. The summed E-state index contributed by atoms with van der Waals surface area (Å²) in [5.74, 6) is -0.668. The molecule has 0 heterocycles. The monoisotopic (exact) mass is 350 g/mol. The van der Waals surface area contributed by atoms with E-state index in [9.17, 15) is 9.59 Å². The maximum atomic E-state index is 12.1. The number of aryl methyl sites for hydroxylation is 1. The summed E-state index contributed by atoms with van der Waals surface area (Å²) < 4.78 is 0. The van der Waals surface area contributed by atoms with Crippen LogP contribution in [0, 0.1) is 6.92 Å². The molecule has 6 heteroatoms. The predicted octanol–water partition coefficient (Wildman–Crippen LogP) is 4.06. The number of rotatable bonds is 4. The van der Waals surface area contributed by atoms with E-state index in [2.05, 4.69) is 10.6 Å². The fourth-order valence-corrected chi connectivity index (χ4v) is 2.17. The van der Waals surface area contributed by atoms with Gasteiger partial charge in [-0.15, -0.1) is 0 Å². The number of carbonyl (C=O) groups is 2. The van der Waals surface area contributed by atoms with Crippen molar-refractivity contribution in [3.05, 3.63) is 63.6 Å². The van der Waals surface area contributed by atoms with E-state index >= 15 is 0 Å². The van der Waals surface area contributed by atoms with E-state index in [1.165, 1.54) is 0 Å². The van der Waals surface area contributed by atoms with Crippen molar-refractivity contribution in [2.24, 2.45) is 0 Å². The zero-order valence-electron chi connectivity index (χ0n) is 12.7. The minimum Gasteiger partial charge on any atom is -0.341 e. The van der Waals surface area contributed by atoms with Gasteiger partial charge < -0.3 is 10.6 Å².